The Morgan fingerprint density at radius 1 is 0.971 bits per heavy atom. The highest BCUT2D eigenvalue weighted by molar-refractivity contribution is 6.13. The molecule has 0 spiro atoms. The summed E-state index contributed by atoms with van der Waals surface area (Å²) in [5.74, 6) is 2.21. The van der Waals surface area contributed by atoms with E-state index in [0.717, 1.165) is 23.7 Å². The predicted octanol–water partition coefficient (Wildman–Crippen LogP) is 4.14. The van der Waals surface area contributed by atoms with Crippen LogP contribution in [0.25, 0.3) is 10.9 Å². The molecule has 1 aromatic heterocycles. The average molecular weight is 460 g/mol. The standard InChI is InChI=1S/C26H25N3O5/c1-32-22-13-19-20(14-23(22)33-2)27-10-7-21(19)34-18-5-3-15(4-6-18)28-24(30)26(8-9-26)25(31)29-16-11-17(29)12-16/h3-7,10,13-14,16-17H,8-9,11-12H2,1-2H3,(H,28,30). The molecule has 2 aliphatic carbocycles. The molecule has 0 atom stereocenters. The molecule has 8 nitrogen and oxygen atoms in total. The second-order valence-corrected chi connectivity index (χ2v) is 9.19. The van der Waals surface area contributed by atoms with E-state index in [1.165, 1.54) is 0 Å². The normalized spacial score (nSPS) is 21.2. The molecule has 2 saturated carbocycles. The van der Waals surface area contributed by atoms with Crippen molar-refractivity contribution in [3.8, 4) is 23.0 Å². The Kier molecular flexibility index (Phi) is 4.65. The third-order valence-corrected chi connectivity index (χ3v) is 7.25. The maximum Gasteiger partial charge on any atom is 0.240 e. The van der Waals surface area contributed by atoms with Gasteiger partial charge in [-0.05, 0) is 62.1 Å². The molecule has 8 heteroatoms. The van der Waals surface area contributed by atoms with Crippen LogP contribution in [0.3, 0.4) is 0 Å². The molecule has 2 saturated heterocycles. The molecule has 34 heavy (non-hydrogen) atoms. The largest absolute Gasteiger partial charge is 0.493 e. The van der Waals surface area contributed by atoms with E-state index in [0.29, 0.717) is 53.6 Å². The number of carbonyl (C=O) groups excluding carboxylic acids is 2. The topological polar surface area (TPSA) is 90.0 Å². The van der Waals surface area contributed by atoms with Gasteiger partial charge in [-0.2, -0.15) is 0 Å². The number of amides is 2. The zero-order valence-electron chi connectivity index (χ0n) is 19.0. The van der Waals surface area contributed by atoms with E-state index < -0.39 is 5.41 Å². The Hall–Kier alpha value is -3.81. The first kappa shape index (κ1) is 20.8. The second kappa shape index (κ2) is 7.62. The molecular formula is C26H25N3O5. The van der Waals surface area contributed by atoms with Crippen LogP contribution >= 0.6 is 0 Å². The maximum atomic E-state index is 12.9. The number of hydrogen-bond acceptors (Lipinski definition) is 6. The average Bonchev–Trinajstić information content (AvgIpc) is 3.60. The summed E-state index contributed by atoms with van der Waals surface area (Å²) in [5, 5.41) is 3.71. The van der Waals surface area contributed by atoms with Crippen LogP contribution in [0.4, 0.5) is 5.69 Å². The molecule has 0 unspecified atom stereocenters. The van der Waals surface area contributed by atoms with Crippen molar-refractivity contribution in [2.24, 2.45) is 5.41 Å². The van der Waals surface area contributed by atoms with E-state index in [-0.39, 0.29) is 11.8 Å². The number of ether oxygens (including phenoxy) is 3. The van der Waals surface area contributed by atoms with Crippen LogP contribution in [0.15, 0.2) is 48.7 Å². The SMILES string of the molecule is COc1cc2nccc(Oc3ccc(NC(=O)C4(C(=O)N5C6CC5C6)CC4)cc3)c2cc1OC. The number of carbonyl (C=O) groups is 2. The Bertz CT molecular complexity index is 1290. The summed E-state index contributed by atoms with van der Waals surface area (Å²) in [4.78, 5) is 32.1. The highest BCUT2D eigenvalue weighted by atomic mass is 16.5. The van der Waals surface area contributed by atoms with Crippen molar-refractivity contribution in [1.29, 1.82) is 0 Å². The van der Waals surface area contributed by atoms with Crippen LogP contribution in [-0.4, -0.2) is 48.0 Å². The van der Waals surface area contributed by atoms with E-state index >= 15 is 0 Å². The first-order chi connectivity index (χ1) is 16.5. The number of hydrogen-bond donors (Lipinski definition) is 1. The fraction of sp³-hybridized carbons (Fsp3) is 0.346. The minimum absolute atomic E-state index is 0.00840. The summed E-state index contributed by atoms with van der Waals surface area (Å²) in [6.45, 7) is 0. The van der Waals surface area contributed by atoms with E-state index in [1.807, 2.05) is 11.0 Å². The minimum Gasteiger partial charge on any atom is -0.493 e. The lowest BCUT2D eigenvalue weighted by Gasteiger charge is -2.61. The molecule has 2 aromatic carbocycles. The Labute approximate surface area is 196 Å². The zero-order valence-corrected chi connectivity index (χ0v) is 19.0. The van der Waals surface area contributed by atoms with Crippen molar-refractivity contribution in [3.63, 3.8) is 0 Å². The number of aromatic nitrogens is 1. The summed E-state index contributed by atoms with van der Waals surface area (Å²) in [6.07, 6.45) is 5.11. The number of fused-ring (bicyclic) bond motifs is 1. The van der Waals surface area contributed by atoms with Gasteiger partial charge >= 0.3 is 0 Å². The van der Waals surface area contributed by atoms with Crippen LogP contribution in [0.1, 0.15) is 25.7 Å². The van der Waals surface area contributed by atoms with Crippen LogP contribution in [0.5, 0.6) is 23.0 Å². The number of benzene rings is 2. The van der Waals surface area contributed by atoms with Crippen molar-refractivity contribution in [3.05, 3.63) is 48.7 Å². The van der Waals surface area contributed by atoms with Gasteiger partial charge in [0.2, 0.25) is 11.8 Å². The predicted molar refractivity (Wildman–Crippen MR) is 125 cm³/mol. The Morgan fingerprint density at radius 3 is 2.24 bits per heavy atom. The van der Waals surface area contributed by atoms with E-state index in [2.05, 4.69) is 10.3 Å². The van der Waals surface area contributed by atoms with E-state index in [4.69, 9.17) is 14.2 Å². The quantitative estimate of drug-likeness (QED) is 0.534. The summed E-state index contributed by atoms with van der Waals surface area (Å²) in [7, 11) is 3.16. The van der Waals surface area contributed by atoms with Gasteiger partial charge in [-0.3, -0.25) is 14.6 Å². The molecule has 2 bridgehead atoms. The molecule has 1 N–H and O–H groups in total. The fourth-order valence-corrected chi connectivity index (χ4v) is 4.80. The van der Waals surface area contributed by atoms with Gasteiger partial charge in [-0.15, -0.1) is 0 Å². The molecule has 4 fully saturated rings. The van der Waals surface area contributed by atoms with Crippen molar-refractivity contribution >= 4 is 28.4 Å². The zero-order chi connectivity index (χ0) is 23.4. The van der Waals surface area contributed by atoms with Crippen LogP contribution < -0.4 is 19.5 Å². The molecule has 0 radical (unpaired) electrons. The van der Waals surface area contributed by atoms with Gasteiger partial charge in [0.25, 0.3) is 0 Å². The lowest BCUT2D eigenvalue weighted by molar-refractivity contribution is -0.173. The maximum absolute atomic E-state index is 12.9. The van der Waals surface area contributed by atoms with Gasteiger partial charge in [-0.25, -0.2) is 0 Å². The minimum atomic E-state index is -0.872. The summed E-state index contributed by atoms with van der Waals surface area (Å²) >= 11 is 0. The summed E-state index contributed by atoms with van der Waals surface area (Å²) in [5.41, 5.74) is 0.484. The molecule has 174 valence electrons. The van der Waals surface area contributed by atoms with Gasteiger partial charge in [0.15, 0.2) is 11.5 Å². The van der Waals surface area contributed by atoms with Crippen LogP contribution in [0.2, 0.25) is 0 Å². The van der Waals surface area contributed by atoms with Crippen molar-refractivity contribution in [1.82, 2.24) is 9.88 Å². The highest BCUT2D eigenvalue weighted by Gasteiger charge is 2.64. The number of methoxy groups -OCH3 is 2. The molecular weight excluding hydrogens is 434 g/mol. The first-order valence-corrected chi connectivity index (χ1v) is 11.5. The summed E-state index contributed by atoms with van der Waals surface area (Å²) < 4.78 is 16.9. The molecule has 7 rings (SSSR count). The van der Waals surface area contributed by atoms with Crippen LogP contribution in [-0.2, 0) is 9.59 Å². The third kappa shape index (κ3) is 3.16. The van der Waals surface area contributed by atoms with E-state index in [9.17, 15) is 9.59 Å². The first-order valence-electron chi connectivity index (χ1n) is 11.5. The number of rotatable bonds is 7. The molecule has 2 amide bonds. The highest BCUT2D eigenvalue weighted by Crippen LogP contribution is 2.54. The smallest absolute Gasteiger partial charge is 0.240 e. The lowest BCUT2D eigenvalue weighted by atomic mass is 9.71. The Balaban J connectivity index is 1.16. The second-order valence-electron chi connectivity index (χ2n) is 9.19. The lowest BCUT2D eigenvalue weighted by Crippen LogP contribution is -2.72. The van der Waals surface area contributed by atoms with Gasteiger partial charge in [-0.1, -0.05) is 0 Å². The number of anilines is 1. The van der Waals surface area contributed by atoms with Gasteiger partial charge in [0.1, 0.15) is 16.9 Å². The van der Waals surface area contributed by atoms with Gasteiger partial charge in [0, 0.05) is 35.4 Å². The molecule has 3 heterocycles. The summed E-state index contributed by atoms with van der Waals surface area (Å²) in [6, 6.07) is 13.3. The van der Waals surface area contributed by atoms with Gasteiger partial charge in [0.05, 0.1) is 19.7 Å². The monoisotopic (exact) mass is 459 g/mol. The van der Waals surface area contributed by atoms with Crippen molar-refractivity contribution < 1.29 is 23.8 Å². The van der Waals surface area contributed by atoms with Crippen LogP contribution in [0, 0.1) is 5.41 Å². The molecule has 2 aliphatic heterocycles. The third-order valence-electron chi connectivity index (χ3n) is 7.25. The molecule has 3 aromatic rings. The fourth-order valence-electron chi connectivity index (χ4n) is 4.80. The Morgan fingerprint density at radius 2 is 1.65 bits per heavy atom. The van der Waals surface area contributed by atoms with Crippen molar-refractivity contribution in [2.45, 2.75) is 37.8 Å². The van der Waals surface area contributed by atoms with Gasteiger partial charge < -0.3 is 24.4 Å². The van der Waals surface area contributed by atoms with E-state index in [1.54, 1.807) is 56.8 Å². The number of nitrogens with one attached hydrogen (secondary N) is 1. The number of nitrogens with zero attached hydrogens (tertiary/aromatic N) is 2. The number of pyridine rings is 1. The van der Waals surface area contributed by atoms with Crippen molar-refractivity contribution in [2.75, 3.05) is 19.5 Å². The molecule has 4 aliphatic rings.